The van der Waals surface area contributed by atoms with Crippen molar-refractivity contribution in [2.24, 2.45) is 5.41 Å². The maximum absolute atomic E-state index is 12.1. The molecule has 1 atom stereocenters. The molecule has 0 bridgehead atoms. The van der Waals surface area contributed by atoms with E-state index in [1.54, 1.807) is 31.4 Å². The van der Waals surface area contributed by atoms with Crippen LogP contribution in [0.2, 0.25) is 5.02 Å². The molecule has 0 aromatic heterocycles. The number of carbonyl (C=O) groups excluding carboxylic acids is 1. The molecule has 0 spiro atoms. The van der Waals surface area contributed by atoms with Crippen LogP contribution in [0.25, 0.3) is 0 Å². The van der Waals surface area contributed by atoms with Crippen molar-refractivity contribution < 1.29 is 14.3 Å². The highest BCUT2D eigenvalue weighted by Gasteiger charge is 2.19. The molecule has 2 aromatic carbocycles. The third-order valence-corrected chi connectivity index (χ3v) is 4.98. The Morgan fingerprint density at radius 3 is 2.50 bits per heavy atom. The molecule has 0 saturated heterocycles. The van der Waals surface area contributed by atoms with Crippen LogP contribution in [-0.2, 0) is 11.3 Å². The van der Waals surface area contributed by atoms with Gasteiger partial charge in [0.1, 0.15) is 0 Å². The van der Waals surface area contributed by atoms with Gasteiger partial charge in [0.2, 0.25) is 0 Å². The number of ether oxygens (including phenoxy) is 2. The SMILES string of the molecule is COc1cc(CNC(C)C(C)(C)C)ccc1OCC(=O)Nc1ccccc1Cl. The minimum Gasteiger partial charge on any atom is -0.493 e. The molecule has 2 rings (SSSR count). The molecule has 0 aliphatic carbocycles. The topological polar surface area (TPSA) is 59.6 Å². The van der Waals surface area contributed by atoms with Crippen LogP contribution in [0.3, 0.4) is 0 Å². The number of benzene rings is 2. The van der Waals surface area contributed by atoms with E-state index in [1.165, 1.54) is 0 Å². The Morgan fingerprint density at radius 2 is 1.86 bits per heavy atom. The average Bonchev–Trinajstić information content (AvgIpc) is 2.65. The molecule has 152 valence electrons. The molecule has 0 aliphatic heterocycles. The van der Waals surface area contributed by atoms with Crippen LogP contribution in [0, 0.1) is 5.41 Å². The number of nitrogens with one attached hydrogen (secondary N) is 2. The summed E-state index contributed by atoms with van der Waals surface area (Å²) in [6.07, 6.45) is 0. The zero-order valence-corrected chi connectivity index (χ0v) is 17.9. The van der Waals surface area contributed by atoms with E-state index in [1.807, 2.05) is 18.2 Å². The molecule has 1 amide bonds. The monoisotopic (exact) mass is 404 g/mol. The Labute approximate surface area is 172 Å². The quantitative estimate of drug-likeness (QED) is 0.657. The maximum Gasteiger partial charge on any atom is 0.262 e. The lowest BCUT2D eigenvalue weighted by molar-refractivity contribution is -0.118. The van der Waals surface area contributed by atoms with Gasteiger partial charge in [-0.05, 0) is 42.2 Å². The Bertz CT molecular complexity index is 803. The summed E-state index contributed by atoms with van der Waals surface area (Å²) < 4.78 is 11.1. The summed E-state index contributed by atoms with van der Waals surface area (Å²) in [4.78, 5) is 12.1. The Hall–Kier alpha value is -2.24. The number of halogens is 1. The van der Waals surface area contributed by atoms with Gasteiger partial charge >= 0.3 is 0 Å². The van der Waals surface area contributed by atoms with Crippen molar-refractivity contribution in [3.05, 3.63) is 53.1 Å². The van der Waals surface area contributed by atoms with Gasteiger partial charge in [-0.3, -0.25) is 4.79 Å². The van der Waals surface area contributed by atoms with E-state index in [9.17, 15) is 4.79 Å². The molecule has 0 fully saturated rings. The van der Waals surface area contributed by atoms with E-state index in [0.29, 0.717) is 28.3 Å². The fourth-order valence-corrected chi connectivity index (χ4v) is 2.59. The third kappa shape index (κ3) is 6.43. The lowest BCUT2D eigenvalue weighted by Crippen LogP contribution is -2.37. The molecule has 0 saturated carbocycles. The fraction of sp³-hybridized carbons (Fsp3) is 0.409. The third-order valence-electron chi connectivity index (χ3n) is 4.65. The average molecular weight is 405 g/mol. The van der Waals surface area contributed by atoms with Crippen LogP contribution in [0.1, 0.15) is 33.3 Å². The zero-order valence-electron chi connectivity index (χ0n) is 17.1. The van der Waals surface area contributed by atoms with Gasteiger partial charge in [0.25, 0.3) is 5.91 Å². The van der Waals surface area contributed by atoms with E-state index in [2.05, 4.69) is 38.3 Å². The van der Waals surface area contributed by atoms with Gasteiger partial charge in [-0.25, -0.2) is 0 Å². The summed E-state index contributed by atoms with van der Waals surface area (Å²) in [5, 5.41) is 6.73. The van der Waals surface area contributed by atoms with Gasteiger partial charge in [0.15, 0.2) is 18.1 Å². The predicted octanol–water partition coefficient (Wildman–Crippen LogP) is 4.89. The second-order valence-corrected chi connectivity index (χ2v) is 8.18. The minimum atomic E-state index is -0.292. The molecular formula is C22H29ClN2O3. The summed E-state index contributed by atoms with van der Waals surface area (Å²) >= 11 is 6.05. The van der Waals surface area contributed by atoms with Crippen molar-refractivity contribution in [1.82, 2.24) is 5.32 Å². The van der Waals surface area contributed by atoms with Gasteiger partial charge in [0.05, 0.1) is 17.8 Å². The van der Waals surface area contributed by atoms with Gasteiger partial charge < -0.3 is 20.1 Å². The van der Waals surface area contributed by atoms with Crippen molar-refractivity contribution in [3.63, 3.8) is 0 Å². The smallest absolute Gasteiger partial charge is 0.262 e. The highest BCUT2D eigenvalue weighted by Crippen LogP contribution is 2.29. The predicted molar refractivity (Wildman–Crippen MR) is 114 cm³/mol. The first-order valence-corrected chi connectivity index (χ1v) is 9.66. The van der Waals surface area contributed by atoms with Crippen LogP contribution in [-0.4, -0.2) is 25.7 Å². The van der Waals surface area contributed by atoms with Gasteiger partial charge in [-0.15, -0.1) is 0 Å². The number of methoxy groups -OCH3 is 1. The van der Waals surface area contributed by atoms with Gasteiger partial charge in [-0.1, -0.05) is 50.6 Å². The number of hydrogen-bond acceptors (Lipinski definition) is 4. The standard InChI is InChI=1S/C22H29ClN2O3/c1-15(22(2,3)4)24-13-16-10-11-19(20(12-16)27-5)28-14-21(26)25-18-9-7-6-8-17(18)23/h6-12,15,24H,13-14H2,1-5H3,(H,25,26). The van der Waals surface area contributed by atoms with Crippen LogP contribution >= 0.6 is 11.6 Å². The number of carbonyl (C=O) groups is 1. The molecule has 28 heavy (non-hydrogen) atoms. The lowest BCUT2D eigenvalue weighted by atomic mass is 9.88. The fourth-order valence-electron chi connectivity index (χ4n) is 2.41. The first kappa shape index (κ1) is 22.1. The van der Waals surface area contributed by atoms with E-state index in [4.69, 9.17) is 21.1 Å². The molecule has 2 aromatic rings. The second-order valence-electron chi connectivity index (χ2n) is 7.77. The van der Waals surface area contributed by atoms with Crippen LogP contribution in [0.5, 0.6) is 11.5 Å². The Kier molecular flexibility index (Phi) is 7.72. The second kappa shape index (κ2) is 9.80. The van der Waals surface area contributed by atoms with Crippen molar-refractivity contribution >= 4 is 23.2 Å². The first-order valence-electron chi connectivity index (χ1n) is 9.28. The van der Waals surface area contributed by atoms with Gasteiger partial charge in [0, 0.05) is 12.6 Å². The molecule has 5 nitrogen and oxygen atoms in total. The van der Waals surface area contributed by atoms with Crippen LogP contribution < -0.4 is 20.1 Å². The molecular weight excluding hydrogens is 376 g/mol. The summed E-state index contributed by atoms with van der Waals surface area (Å²) in [6, 6.07) is 13.1. The first-order chi connectivity index (χ1) is 13.2. The van der Waals surface area contributed by atoms with Crippen LogP contribution in [0.15, 0.2) is 42.5 Å². The van der Waals surface area contributed by atoms with Crippen molar-refractivity contribution in [2.75, 3.05) is 19.0 Å². The number of hydrogen-bond donors (Lipinski definition) is 2. The molecule has 2 N–H and O–H groups in total. The highest BCUT2D eigenvalue weighted by molar-refractivity contribution is 6.33. The molecule has 0 aliphatic rings. The van der Waals surface area contributed by atoms with Crippen molar-refractivity contribution in [1.29, 1.82) is 0 Å². The number of para-hydroxylation sites is 1. The van der Waals surface area contributed by atoms with E-state index < -0.39 is 0 Å². The normalized spacial score (nSPS) is 12.4. The number of amides is 1. The Morgan fingerprint density at radius 1 is 1.14 bits per heavy atom. The molecule has 0 heterocycles. The number of rotatable bonds is 8. The van der Waals surface area contributed by atoms with E-state index in [0.717, 1.165) is 12.1 Å². The Balaban J connectivity index is 1.94. The minimum absolute atomic E-state index is 0.139. The van der Waals surface area contributed by atoms with Crippen LogP contribution in [0.4, 0.5) is 5.69 Å². The summed E-state index contributed by atoms with van der Waals surface area (Å²) in [5.41, 5.74) is 1.82. The zero-order chi connectivity index (χ0) is 20.7. The molecule has 0 radical (unpaired) electrons. The van der Waals surface area contributed by atoms with Gasteiger partial charge in [-0.2, -0.15) is 0 Å². The van der Waals surface area contributed by atoms with E-state index in [-0.39, 0.29) is 17.9 Å². The molecule has 1 unspecified atom stereocenters. The molecule has 6 heteroatoms. The lowest BCUT2D eigenvalue weighted by Gasteiger charge is -2.28. The van der Waals surface area contributed by atoms with Crippen molar-refractivity contribution in [2.45, 2.75) is 40.3 Å². The maximum atomic E-state index is 12.1. The number of anilines is 1. The summed E-state index contributed by atoms with van der Waals surface area (Å²) in [5.74, 6) is 0.817. The summed E-state index contributed by atoms with van der Waals surface area (Å²) in [6.45, 7) is 9.37. The largest absolute Gasteiger partial charge is 0.493 e. The highest BCUT2D eigenvalue weighted by atomic mass is 35.5. The summed E-state index contributed by atoms with van der Waals surface area (Å²) in [7, 11) is 1.58. The van der Waals surface area contributed by atoms with E-state index >= 15 is 0 Å². The van der Waals surface area contributed by atoms with Crippen molar-refractivity contribution in [3.8, 4) is 11.5 Å².